The van der Waals surface area contributed by atoms with Crippen LogP contribution in [0.15, 0.2) is 42.5 Å². The number of nitrogens with zero attached hydrogens (tertiary/aromatic N) is 1. The lowest BCUT2D eigenvalue weighted by Crippen LogP contribution is -2.28. The van der Waals surface area contributed by atoms with Gasteiger partial charge in [0.05, 0.1) is 5.56 Å². The lowest BCUT2D eigenvalue weighted by atomic mass is 10.1. The first-order valence-corrected chi connectivity index (χ1v) is 9.89. The molecule has 0 atom stereocenters. The second-order valence-electron chi connectivity index (χ2n) is 7.08. The smallest absolute Gasteiger partial charge is 0.323 e. The first-order valence-electron chi connectivity index (χ1n) is 9.89. The second-order valence-corrected chi connectivity index (χ2v) is 7.08. The van der Waals surface area contributed by atoms with Gasteiger partial charge in [-0.3, -0.25) is 4.79 Å². The van der Waals surface area contributed by atoms with Crippen molar-refractivity contribution in [2.24, 2.45) is 0 Å². The molecule has 0 bridgehead atoms. The predicted molar refractivity (Wildman–Crippen MR) is 114 cm³/mol. The molecule has 2 aromatic carbocycles. The molecule has 1 fully saturated rings. The predicted octanol–water partition coefficient (Wildman–Crippen LogP) is 4.38. The first kappa shape index (κ1) is 19.7. The molecule has 0 aromatic heterocycles. The van der Waals surface area contributed by atoms with Gasteiger partial charge in [-0.1, -0.05) is 25.1 Å². The molecule has 1 saturated heterocycles. The number of amides is 3. The van der Waals surface area contributed by atoms with Crippen LogP contribution in [0.2, 0.25) is 0 Å². The minimum atomic E-state index is -0.330. The van der Waals surface area contributed by atoms with E-state index in [-0.39, 0.29) is 11.9 Å². The van der Waals surface area contributed by atoms with Gasteiger partial charge in [-0.15, -0.1) is 0 Å². The van der Waals surface area contributed by atoms with E-state index in [0.717, 1.165) is 49.3 Å². The van der Waals surface area contributed by atoms with Gasteiger partial charge in [-0.25, -0.2) is 4.79 Å². The summed E-state index contributed by atoms with van der Waals surface area (Å²) in [5.74, 6) is -0.105. The normalized spacial score (nSPS) is 13.3. The van der Waals surface area contributed by atoms with Crippen LogP contribution in [0.3, 0.4) is 0 Å². The van der Waals surface area contributed by atoms with Crippen molar-refractivity contribution in [1.82, 2.24) is 5.32 Å². The van der Waals surface area contributed by atoms with E-state index in [9.17, 15) is 9.59 Å². The molecular weight excluding hydrogens is 352 g/mol. The summed E-state index contributed by atoms with van der Waals surface area (Å²) in [5, 5.41) is 8.63. The fraction of sp³-hybridized carbons (Fsp3) is 0.364. The number of anilines is 3. The number of carbonyl (C=O) groups excluding carboxylic acids is 2. The molecule has 3 amide bonds. The van der Waals surface area contributed by atoms with Gasteiger partial charge in [-0.2, -0.15) is 0 Å². The number of para-hydroxylation sites is 1. The highest BCUT2D eigenvalue weighted by molar-refractivity contribution is 6.04. The van der Waals surface area contributed by atoms with Crippen molar-refractivity contribution in [1.29, 1.82) is 0 Å². The maximum Gasteiger partial charge on any atom is 0.323 e. The molecule has 148 valence electrons. The Kier molecular flexibility index (Phi) is 6.53. The van der Waals surface area contributed by atoms with E-state index in [1.165, 1.54) is 0 Å². The summed E-state index contributed by atoms with van der Waals surface area (Å²) in [6.07, 6.45) is 3.14. The van der Waals surface area contributed by atoms with Crippen LogP contribution in [0, 0.1) is 6.92 Å². The quantitative estimate of drug-likeness (QED) is 0.696. The maximum atomic E-state index is 12.7. The lowest BCUT2D eigenvalue weighted by Gasteiger charge is -2.22. The van der Waals surface area contributed by atoms with Crippen LogP contribution in [0.4, 0.5) is 21.9 Å². The number of nitrogens with one attached hydrogen (secondary N) is 3. The number of benzene rings is 2. The van der Waals surface area contributed by atoms with Crippen molar-refractivity contribution in [2.45, 2.75) is 33.1 Å². The standard InChI is InChI=1S/C22H28N4O2/c1-3-12-23-21(27)18-15-17(10-11-20(18)26-13-6-7-14-26)24-22(28)25-19-9-5-4-8-16(19)2/h4-5,8-11,15H,3,6-7,12-14H2,1-2H3,(H,23,27)(H2,24,25,28). The molecule has 0 aliphatic carbocycles. The summed E-state index contributed by atoms with van der Waals surface area (Å²) in [4.78, 5) is 27.3. The molecule has 6 heteroatoms. The highest BCUT2D eigenvalue weighted by Gasteiger charge is 2.20. The van der Waals surface area contributed by atoms with Crippen molar-refractivity contribution in [3.8, 4) is 0 Å². The van der Waals surface area contributed by atoms with Crippen molar-refractivity contribution in [3.05, 3.63) is 53.6 Å². The Morgan fingerprint density at radius 2 is 1.79 bits per heavy atom. The van der Waals surface area contributed by atoms with Gasteiger partial charge < -0.3 is 20.9 Å². The van der Waals surface area contributed by atoms with E-state index in [1.807, 2.05) is 50.2 Å². The Morgan fingerprint density at radius 3 is 2.50 bits per heavy atom. The van der Waals surface area contributed by atoms with Gasteiger partial charge in [-0.05, 0) is 56.0 Å². The third kappa shape index (κ3) is 4.82. The van der Waals surface area contributed by atoms with E-state index in [0.29, 0.717) is 17.8 Å². The van der Waals surface area contributed by atoms with Gasteiger partial charge in [0, 0.05) is 36.7 Å². The summed E-state index contributed by atoms with van der Waals surface area (Å²) >= 11 is 0. The van der Waals surface area contributed by atoms with Crippen LogP contribution in [-0.2, 0) is 0 Å². The molecule has 0 unspecified atom stereocenters. The average Bonchev–Trinajstić information content (AvgIpc) is 3.22. The van der Waals surface area contributed by atoms with Gasteiger partial charge in [0.1, 0.15) is 0 Å². The zero-order valence-corrected chi connectivity index (χ0v) is 16.5. The van der Waals surface area contributed by atoms with Crippen LogP contribution < -0.4 is 20.9 Å². The Bertz CT molecular complexity index is 844. The SMILES string of the molecule is CCCNC(=O)c1cc(NC(=O)Nc2ccccc2C)ccc1N1CCCC1. The summed E-state index contributed by atoms with van der Waals surface area (Å²) in [6.45, 7) is 6.50. The molecule has 0 radical (unpaired) electrons. The van der Waals surface area contributed by atoms with Crippen molar-refractivity contribution in [2.75, 3.05) is 35.2 Å². The Morgan fingerprint density at radius 1 is 1.04 bits per heavy atom. The van der Waals surface area contributed by atoms with E-state index in [4.69, 9.17) is 0 Å². The second kappa shape index (κ2) is 9.26. The van der Waals surface area contributed by atoms with Crippen molar-refractivity contribution in [3.63, 3.8) is 0 Å². The summed E-state index contributed by atoms with van der Waals surface area (Å²) in [6, 6.07) is 12.8. The summed E-state index contributed by atoms with van der Waals surface area (Å²) in [5.41, 5.74) is 3.87. The lowest BCUT2D eigenvalue weighted by molar-refractivity contribution is 0.0954. The van der Waals surface area contributed by atoms with Crippen LogP contribution in [-0.4, -0.2) is 31.6 Å². The minimum Gasteiger partial charge on any atom is -0.371 e. The van der Waals surface area contributed by atoms with E-state index >= 15 is 0 Å². The van der Waals surface area contributed by atoms with E-state index in [2.05, 4.69) is 20.9 Å². The molecule has 0 spiro atoms. The van der Waals surface area contributed by atoms with Gasteiger partial charge >= 0.3 is 6.03 Å². The molecule has 3 N–H and O–H groups in total. The number of urea groups is 1. The third-order valence-electron chi connectivity index (χ3n) is 4.87. The maximum absolute atomic E-state index is 12.7. The molecule has 0 saturated carbocycles. The summed E-state index contributed by atoms with van der Waals surface area (Å²) < 4.78 is 0. The number of hydrogen-bond acceptors (Lipinski definition) is 3. The summed E-state index contributed by atoms with van der Waals surface area (Å²) in [7, 11) is 0. The molecule has 28 heavy (non-hydrogen) atoms. The van der Waals surface area contributed by atoms with Crippen LogP contribution in [0.1, 0.15) is 42.1 Å². The van der Waals surface area contributed by atoms with Gasteiger partial charge in [0.15, 0.2) is 0 Å². The first-order chi connectivity index (χ1) is 13.6. The zero-order chi connectivity index (χ0) is 19.9. The number of hydrogen-bond donors (Lipinski definition) is 3. The Hall–Kier alpha value is -3.02. The molecule has 1 heterocycles. The highest BCUT2D eigenvalue weighted by Crippen LogP contribution is 2.28. The fourth-order valence-electron chi connectivity index (χ4n) is 3.36. The van der Waals surface area contributed by atoms with E-state index in [1.54, 1.807) is 6.07 Å². The van der Waals surface area contributed by atoms with Crippen molar-refractivity contribution < 1.29 is 9.59 Å². The molecule has 1 aliphatic heterocycles. The zero-order valence-electron chi connectivity index (χ0n) is 16.5. The van der Waals surface area contributed by atoms with Gasteiger partial charge in [0.2, 0.25) is 0 Å². The monoisotopic (exact) mass is 380 g/mol. The highest BCUT2D eigenvalue weighted by atomic mass is 16.2. The average molecular weight is 380 g/mol. The number of rotatable bonds is 6. The minimum absolute atomic E-state index is 0.105. The van der Waals surface area contributed by atoms with Gasteiger partial charge in [0.25, 0.3) is 5.91 Å². The van der Waals surface area contributed by atoms with Crippen molar-refractivity contribution >= 4 is 29.0 Å². The molecule has 2 aromatic rings. The van der Waals surface area contributed by atoms with Crippen LogP contribution >= 0.6 is 0 Å². The molecule has 1 aliphatic rings. The third-order valence-corrected chi connectivity index (χ3v) is 4.87. The molecule has 6 nitrogen and oxygen atoms in total. The van der Waals surface area contributed by atoms with E-state index < -0.39 is 0 Å². The van der Waals surface area contributed by atoms with Crippen LogP contribution in [0.25, 0.3) is 0 Å². The largest absolute Gasteiger partial charge is 0.371 e. The topological polar surface area (TPSA) is 73.5 Å². The Balaban J connectivity index is 1.78. The van der Waals surface area contributed by atoms with Crippen LogP contribution in [0.5, 0.6) is 0 Å². The molecule has 3 rings (SSSR count). The number of carbonyl (C=O) groups is 2. The molecular formula is C22H28N4O2. The number of aryl methyl sites for hydroxylation is 1. The fourth-order valence-corrected chi connectivity index (χ4v) is 3.36. The Labute approximate surface area is 166 Å².